The molecular formula is C21H18N6O4. The lowest BCUT2D eigenvalue weighted by Gasteiger charge is -2.29. The van der Waals surface area contributed by atoms with Gasteiger partial charge >= 0.3 is 0 Å². The highest BCUT2D eigenvalue weighted by Crippen LogP contribution is 2.29. The van der Waals surface area contributed by atoms with Crippen LogP contribution in [-0.2, 0) is 16.1 Å². The van der Waals surface area contributed by atoms with Crippen LogP contribution >= 0.6 is 0 Å². The average Bonchev–Trinajstić information content (AvgIpc) is 3.39. The Balaban J connectivity index is 1.40. The summed E-state index contributed by atoms with van der Waals surface area (Å²) in [6.07, 6.45) is 3.94. The number of benzene rings is 1. The minimum atomic E-state index is -0.641. The monoisotopic (exact) mass is 418 g/mol. The van der Waals surface area contributed by atoms with Crippen LogP contribution in [0, 0.1) is 0 Å². The summed E-state index contributed by atoms with van der Waals surface area (Å²) in [6.45, 7) is 0.299. The van der Waals surface area contributed by atoms with Gasteiger partial charge in [-0.15, -0.1) is 5.10 Å². The number of ether oxygens (including phenoxy) is 1. The molecule has 10 nitrogen and oxygen atoms in total. The summed E-state index contributed by atoms with van der Waals surface area (Å²) in [7, 11) is 1.58. The Labute approximate surface area is 176 Å². The summed E-state index contributed by atoms with van der Waals surface area (Å²) in [5.74, 6) is -0.274. The molecule has 1 atom stereocenters. The van der Waals surface area contributed by atoms with Crippen LogP contribution in [0.3, 0.4) is 0 Å². The molecule has 5 rings (SSSR count). The van der Waals surface area contributed by atoms with E-state index in [2.05, 4.69) is 20.6 Å². The Bertz CT molecular complexity index is 1220. The molecule has 1 saturated heterocycles. The number of hydrogen-bond acceptors (Lipinski definition) is 7. The molecule has 0 aliphatic carbocycles. The van der Waals surface area contributed by atoms with Gasteiger partial charge in [0.25, 0.3) is 5.91 Å². The normalized spacial score (nSPS) is 18.2. The number of pyridine rings is 1. The molecule has 1 N–H and O–H groups in total. The van der Waals surface area contributed by atoms with Crippen molar-refractivity contribution in [1.29, 1.82) is 0 Å². The minimum absolute atomic E-state index is 0.212. The molecule has 10 heteroatoms. The van der Waals surface area contributed by atoms with Crippen molar-refractivity contribution in [3.05, 3.63) is 53.9 Å². The Hall–Kier alpha value is -4.08. The lowest BCUT2D eigenvalue weighted by Crippen LogP contribution is -2.52. The molecule has 0 saturated carbocycles. The molecule has 4 heterocycles. The molecule has 1 unspecified atom stereocenters. The highest BCUT2D eigenvalue weighted by molar-refractivity contribution is 6.05. The summed E-state index contributed by atoms with van der Waals surface area (Å²) < 4.78 is 6.83. The second-order valence-corrected chi connectivity index (χ2v) is 7.37. The number of fused-ring (bicyclic) bond motifs is 1. The van der Waals surface area contributed by atoms with E-state index in [0.717, 1.165) is 11.3 Å². The predicted octanol–water partition coefficient (Wildman–Crippen LogP) is 1.10. The van der Waals surface area contributed by atoms with Crippen LogP contribution < -0.4 is 10.1 Å². The Morgan fingerprint density at radius 3 is 2.81 bits per heavy atom. The molecule has 1 fully saturated rings. The summed E-state index contributed by atoms with van der Waals surface area (Å²) in [6, 6.07) is 8.24. The smallest absolute Gasteiger partial charge is 0.255 e. The maximum absolute atomic E-state index is 12.8. The van der Waals surface area contributed by atoms with Gasteiger partial charge in [0, 0.05) is 30.8 Å². The molecule has 2 aromatic heterocycles. The standard InChI is InChI=1S/C21H18N6O4/c1-31-14-6-7-22-16(9-14)17-11-27(25-24-17)13-2-3-15-12(8-13)10-26(21(15)30)18-4-5-19(28)23-20(18)29/h2-3,6-9,11,18H,4-5,10H2,1H3,(H,23,28,29). The van der Waals surface area contributed by atoms with E-state index < -0.39 is 11.9 Å². The maximum Gasteiger partial charge on any atom is 0.255 e. The second kappa shape index (κ2) is 7.31. The molecule has 3 amide bonds. The largest absolute Gasteiger partial charge is 0.497 e. The van der Waals surface area contributed by atoms with Crippen LogP contribution in [0.15, 0.2) is 42.7 Å². The van der Waals surface area contributed by atoms with Gasteiger partial charge in [0.2, 0.25) is 11.8 Å². The van der Waals surface area contributed by atoms with Crippen molar-refractivity contribution >= 4 is 17.7 Å². The van der Waals surface area contributed by atoms with Crippen LogP contribution in [0.1, 0.15) is 28.8 Å². The van der Waals surface area contributed by atoms with Gasteiger partial charge in [0.05, 0.1) is 24.7 Å². The summed E-state index contributed by atoms with van der Waals surface area (Å²) in [4.78, 5) is 42.3. The van der Waals surface area contributed by atoms with Crippen LogP contribution in [0.5, 0.6) is 5.75 Å². The van der Waals surface area contributed by atoms with E-state index in [9.17, 15) is 14.4 Å². The molecule has 156 valence electrons. The number of nitrogens with zero attached hydrogens (tertiary/aromatic N) is 5. The van der Waals surface area contributed by atoms with Crippen molar-refractivity contribution in [2.75, 3.05) is 7.11 Å². The molecular weight excluding hydrogens is 400 g/mol. The highest BCUT2D eigenvalue weighted by Gasteiger charge is 2.39. The molecule has 0 bridgehead atoms. The number of carbonyl (C=O) groups is 3. The van der Waals surface area contributed by atoms with Crippen molar-refractivity contribution in [1.82, 2.24) is 30.2 Å². The third-order valence-electron chi connectivity index (χ3n) is 5.49. The van der Waals surface area contributed by atoms with E-state index in [1.807, 2.05) is 6.07 Å². The molecule has 1 aromatic carbocycles. The summed E-state index contributed by atoms with van der Waals surface area (Å²) in [5, 5.41) is 10.7. The number of hydrogen-bond donors (Lipinski definition) is 1. The van der Waals surface area contributed by atoms with Crippen LogP contribution in [-0.4, -0.2) is 55.8 Å². The number of imide groups is 1. The number of methoxy groups -OCH3 is 1. The average molecular weight is 418 g/mol. The second-order valence-electron chi connectivity index (χ2n) is 7.37. The van der Waals surface area contributed by atoms with Gasteiger partial charge in [-0.25, -0.2) is 4.68 Å². The summed E-state index contributed by atoms with van der Waals surface area (Å²) in [5.41, 5.74) is 3.29. The first kappa shape index (κ1) is 18.9. The molecule has 31 heavy (non-hydrogen) atoms. The molecule has 3 aromatic rings. The Morgan fingerprint density at radius 1 is 1.13 bits per heavy atom. The van der Waals surface area contributed by atoms with Gasteiger partial charge in [0.15, 0.2) is 0 Å². The lowest BCUT2D eigenvalue weighted by atomic mass is 10.0. The van der Waals surface area contributed by atoms with E-state index in [0.29, 0.717) is 35.7 Å². The van der Waals surface area contributed by atoms with Crippen LogP contribution in [0.4, 0.5) is 0 Å². The van der Waals surface area contributed by atoms with Gasteiger partial charge < -0.3 is 9.64 Å². The number of rotatable bonds is 4. The fourth-order valence-corrected chi connectivity index (χ4v) is 3.89. The molecule has 2 aliphatic rings. The number of amides is 3. The fraction of sp³-hybridized carbons (Fsp3) is 0.238. The molecule has 0 radical (unpaired) electrons. The zero-order valence-corrected chi connectivity index (χ0v) is 16.6. The van der Waals surface area contributed by atoms with Gasteiger partial charge in [-0.1, -0.05) is 5.21 Å². The van der Waals surface area contributed by atoms with Gasteiger partial charge in [-0.2, -0.15) is 0 Å². The third kappa shape index (κ3) is 3.31. The van der Waals surface area contributed by atoms with E-state index in [-0.39, 0.29) is 18.2 Å². The van der Waals surface area contributed by atoms with Gasteiger partial charge in [-0.3, -0.25) is 24.7 Å². The first-order chi connectivity index (χ1) is 15.0. The predicted molar refractivity (Wildman–Crippen MR) is 107 cm³/mol. The third-order valence-corrected chi connectivity index (χ3v) is 5.49. The summed E-state index contributed by atoms with van der Waals surface area (Å²) >= 11 is 0. The number of nitrogens with one attached hydrogen (secondary N) is 1. The lowest BCUT2D eigenvalue weighted by molar-refractivity contribution is -0.136. The van der Waals surface area contributed by atoms with Crippen molar-refractivity contribution in [2.45, 2.75) is 25.4 Å². The fourth-order valence-electron chi connectivity index (χ4n) is 3.89. The van der Waals surface area contributed by atoms with Crippen molar-refractivity contribution in [2.24, 2.45) is 0 Å². The van der Waals surface area contributed by atoms with E-state index in [1.165, 1.54) is 4.90 Å². The van der Waals surface area contributed by atoms with E-state index in [1.54, 1.807) is 48.5 Å². The molecule has 2 aliphatic heterocycles. The van der Waals surface area contributed by atoms with Crippen molar-refractivity contribution in [3.8, 4) is 22.8 Å². The Kier molecular flexibility index (Phi) is 4.46. The topological polar surface area (TPSA) is 119 Å². The number of piperidine rings is 1. The quantitative estimate of drug-likeness (QED) is 0.630. The minimum Gasteiger partial charge on any atom is -0.497 e. The highest BCUT2D eigenvalue weighted by atomic mass is 16.5. The first-order valence-electron chi connectivity index (χ1n) is 9.74. The van der Waals surface area contributed by atoms with E-state index in [4.69, 9.17) is 4.74 Å². The number of aromatic nitrogens is 4. The van der Waals surface area contributed by atoms with Crippen LogP contribution in [0.25, 0.3) is 17.1 Å². The zero-order chi connectivity index (χ0) is 21.5. The van der Waals surface area contributed by atoms with Crippen molar-refractivity contribution in [3.63, 3.8) is 0 Å². The molecule has 0 spiro atoms. The number of carbonyl (C=O) groups excluding carboxylic acids is 3. The maximum atomic E-state index is 12.8. The van der Waals surface area contributed by atoms with Crippen LogP contribution in [0.2, 0.25) is 0 Å². The van der Waals surface area contributed by atoms with Gasteiger partial charge in [0.1, 0.15) is 17.5 Å². The SMILES string of the molecule is COc1ccnc(-c2cn(-c3ccc4c(c3)CN(C3CCC(=O)NC3=O)C4=O)nn2)c1. The Morgan fingerprint density at radius 2 is 2.00 bits per heavy atom. The van der Waals surface area contributed by atoms with E-state index >= 15 is 0 Å². The zero-order valence-electron chi connectivity index (χ0n) is 16.6. The van der Waals surface area contributed by atoms with Crippen molar-refractivity contribution < 1.29 is 19.1 Å². The first-order valence-corrected chi connectivity index (χ1v) is 9.74. The van der Waals surface area contributed by atoms with Gasteiger partial charge in [-0.05, 0) is 36.2 Å².